The van der Waals surface area contributed by atoms with E-state index in [4.69, 9.17) is 9.47 Å². The van der Waals surface area contributed by atoms with Gasteiger partial charge in [-0.25, -0.2) is 12.8 Å². The number of ether oxygens (including phenoxy) is 2. The van der Waals surface area contributed by atoms with E-state index in [1.54, 1.807) is 43.5 Å². The van der Waals surface area contributed by atoms with Crippen LogP contribution in [-0.4, -0.2) is 15.5 Å². The number of methoxy groups -OCH3 is 1. The van der Waals surface area contributed by atoms with Gasteiger partial charge in [-0.3, -0.25) is 0 Å². The van der Waals surface area contributed by atoms with E-state index in [-0.39, 0.29) is 23.1 Å². The second-order valence-corrected chi connectivity index (χ2v) is 9.57. The highest BCUT2D eigenvalue weighted by molar-refractivity contribution is 7.90. The van der Waals surface area contributed by atoms with Crippen LogP contribution < -0.4 is 9.47 Å². The molecule has 0 spiro atoms. The lowest BCUT2D eigenvalue weighted by molar-refractivity contribution is 0.305. The molecule has 4 rings (SSSR count). The van der Waals surface area contributed by atoms with Crippen molar-refractivity contribution in [1.82, 2.24) is 0 Å². The smallest absolute Gasteiger partial charge is 0.182 e. The molecule has 0 N–H and O–H groups in total. The molecule has 0 aliphatic heterocycles. The third-order valence-corrected chi connectivity index (χ3v) is 6.85. The standard InChI is InChI=1S/C27H23FO4S/c1-31-25-13-7-20(8-14-25)18-32-26-15-23(22-9-11-24(28)12-10-22)16-27(17-26)33(29,30)19-21-5-3-2-4-6-21/h2-17H,18-19H2,1H3. The molecule has 0 atom stereocenters. The van der Waals surface area contributed by atoms with E-state index in [1.807, 2.05) is 42.5 Å². The molecular weight excluding hydrogens is 439 g/mol. The van der Waals surface area contributed by atoms with E-state index in [2.05, 4.69) is 0 Å². The van der Waals surface area contributed by atoms with Crippen LogP contribution in [0.2, 0.25) is 0 Å². The summed E-state index contributed by atoms with van der Waals surface area (Å²) < 4.78 is 51.0. The van der Waals surface area contributed by atoms with Gasteiger partial charge in [-0.05, 0) is 64.7 Å². The summed E-state index contributed by atoms with van der Waals surface area (Å²) in [5.41, 5.74) is 2.94. The summed E-state index contributed by atoms with van der Waals surface area (Å²) in [5.74, 6) is 0.673. The quantitative estimate of drug-likeness (QED) is 0.320. The van der Waals surface area contributed by atoms with Gasteiger partial charge in [-0.15, -0.1) is 0 Å². The van der Waals surface area contributed by atoms with Crippen LogP contribution in [0.4, 0.5) is 4.39 Å². The van der Waals surface area contributed by atoms with Crippen LogP contribution in [0.3, 0.4) is 0 Å². The molecular formula is C27H23FO4S. The van der Waals surface area contributed by atoms with Gasteiger partial charge in [0.1, 0.15) is 23.9 Å². The molecule has 0 radical (unpaired) electrons. The van der Waals surface area contributed by atoms with Gasteiger partial charge in [0.15, 0.2) is 9.84 Å². The Hall–Kier alpha value is -3.64. The number of rotatable bonds is 8. The van der Waals surface area contributed by atoms with Gasteiger partial charge >= 0.3 is 0 Å². The lowest BCUT2D eigenvalue weighted by Crippen LogP contribution is -2.06. The molecule has 0 fully saturated rings. The first-order valence-electron chi connectivity index (χ1n) is 10.4. The van der Waals surface area contributed by atoms with Crippen molar-refractivity contribution in [3.05, 3.63) is 114 Å². The van der Waals surface area contributed by atoms with E-state index in [9.17, 15) is 12.8 Å². The zero-order valence-electron chi connectivity index (χ0n) is 18.1. The number of benzene rings is 4. The van der Waals surface area contributed by atoms with Gasteiger partial charge < -0.3 is 9.47 Å². The van der Waals surface area contributed by atoms with Crippen molar-refractivity contribution >= 4 is 9.84 Å². The zero-order chi connectivity index (χ0) is 23.3. The maximum absolute atomic E-state index is 13.4. The molecule has 0 saturated carbocycles. The number of sulfone groups is 1. The van der Waals surface area contributed by atoms with E-state index in [0.29, 0.717) is 22.4 Å². The van der Waals surface area contributed by atoms with Gasteiger partial charge in [0.25, 0.3) is 0 Å². The van der Waals surface area contributed by atoms with Crippen molar-refractivity contribution in [2.24, 2.45) is 0 Å². The minimum atomic E-state index is -3.64. The van der Waals surface area contributed by atoms with Crippen molar-refractivity contribution in [1.29, 1.82) is 0 Å². The van der Waals surface area contributed by atoms with Gasteiger partial charge in [0, 0.05) is 0 Å². The number of halogens is 1. The van der Waals surface area contributed by atoms with Crippen LogP contribution in [0.5, 0.6) is 11.5 Å². The molecule has 6 heteroatoms. The first-order chi connectivity index (χ1) is 15.9. The Kier molecular flexibility index (Phi) is 6.75. The lowest BCUT2D eigenvalue weighted by Gasteiger charge is -2.13. The van der Waals surface area contributed by atoms with Crippen LogP contribution in [-0.2, 0) is 22.2 Å². The molecule has 0 aliphatic rings. The molecule has 4 aromatic carbocycles. The number of hydrogen-bond acceptors (Lipinski definition) is 4. The minimum absolute atomic E-state index is 0.126. The van der Waals surface area contributed by atoms with Gasteiger partial charge in [-0.1, -0.05) is 54.6 Å². The van der Waals surface area contributed by atoms with Crippen molar-refractivity contribution in [2.45, 2.75) is 17.3 Å². The van der Waals surface area contributed by atoms with E-state index < -0.39 is 9.84 Å². The third-order valence-electron chi connectivity index (χ3n) is 5.18. The Labute approximate surface area is 193 Å². The van der Waals surface area contributed by atoms with E-state index in [0.717, 1.165) is 11.3 Å². The molecule has 0 aromatic heterocycles. The Morgan fingerprint density at radius 3 is 2.09 bits per heavy atom. The zero-order valence-corrected chi connectivity index (χ0v) is 18.9. The van der Waals surface area contributed by atoms with E-state index in [1.165, 1.54) is 18.2 Å². The fraction of sp³-hybridized carbons (Fsp3) is 0.111. The average molecular weight is 463 g/mol. The first kappa shape index (κ1) is 22.6. The Morgan fingerprint density at radius 2 is 1.42 bits per heavy atom. The SMILES string of the molecule is COc1ccc(COc2cc(-c3ccc(F)cc3)cc(S(=O)(=O)Cc3ccccc3)c2)cc1. The van der Waals surface area contributed by atoms with Crippen molar-refractivity contribution < 1.29 is 22.3 Å². The average Bonchev–Trinajstić information content (AvgIpc) is 2.84. The van der Waals surface area contributed by atoms with Gasteiger partial charge in [-0.2, -0.15) is 0 Å². The molecule has 4 aromatic rings. The highest BCUT2D eigenvalue weighted by Gasteiger charge is 2.18. The summed E-state index contributed by atoms with van der Waals surface area (Å²) in [6, 6.07) is 27.3. The molecule has 0 amide bonds. The maximum atomic E-state index is 13.4. The van der Waals surface area contributed by atoms with E-state index >= 15 is 0 Å². The Morgan fingerprint density at radius 1 is 0.727 bits per heavy atom. The largest absolute Gasteiger partial charge is 0.497 e. The van der Waals surface area contributed by atoms with Crippen molar-refractivity contribution in [3.63, 3.8) is 0 Å². The second kappa shape index (κ2) is 9.88. The fourth-order valence-electron chi connectivity index (χ4n) is 3.41. The van der Waals surface area contributed by atoms with Crippen LogP contribution in [0.15, 0.2) is 102 Å². The summed E-state index contributed by atoms with van der Waals surface area (Å²) in [6.07, 6.45) is 0. The minimum Gasteiger partial charge on any atom is -0.497 e. The Balaban J connectivity index is 1.67. The van der Waals surface area contributed by atoms with Crippen LogP contribution >= 0.6 is 0 Å². The summed E-state index contributed by atoms with van der Waals surface area (Å²) >= 11 is 0. The molecule has 0 aliphatic carbocycles. The fourth-order valence-corrected chi connectivity index (χ4v) is 4.81. The normalized spacial score (nSPS) is 11.2. The number of hydrogen-bond donors (Lipinski definition) is 0. The second-order valence-electron chi connectivity index (χ2n) is 7.58. The van der Waals surface area contributed by atoms with Crippen molar-refractivity contribution in [3.8, 4) is 22.6 Å². The molecule has 168 valence electrons. The Bertz CT molecular complexity index is 1320. The predicted molar refractivity (Wildman–Crippen MR) is 126 cm³/mol. The van der Waals surface area contributed by atoms with Crippen LogP contribution in [0.1, 0.15) is 11.1 Å². The van der Waals surface area contributed by atoms with Crippen molar-refractivity contribution in [2.75, 3.05) is 7.11 Å². The first-order valence-corrected chi connectivity index (χ1v) is 12.0. The highest BCUT2D eigenvalue weighted by Crippen LogP contribution is 2.30. The summed E-state index contributed by atoms with van der Waals surface area (Å²) in [6.45, 7) is 0.259. The highest BCUT2D eigenvalue weighted by atomic mass is 32.2. The molecule has 0 unspecified atom stereocenters. The molecule has 0 heterocycles. The molecule has 33 heavy (non-hydrogen) atoms. The summed E-state index contributed by atoms with van der Waals surface area (Å²) in [4.78, 5) is 0.151. The van der Waals surface area contributed by atoms with Crippen LogP contribution in [0.25, 0.3) is 11.1 Å². The lowest BCUT2D eigenvalue weighted by atomic mass is 10.1. The molecule has 0 bridgehead atoms. The van der Waals surface area contributed by atoms with Gasteiger partial charge in [0.2, 0.25) is 0 Å². The monoisotopic (exact) mass is 462 g/mol. The summed E-state index contributed by atoms with van der Waals surface area (Å²) in [7, 11) is -2.04. The van der Waals surface area contributed by atoms with Crippen LogP contribution in [0, 0.1) is 5.82 Å². The predicted octanol–water partition coefficient (Wildman–Crippen LogP) is 6.05. The molecule has 0 saturated heterocycles. The topological polar surface area (TPSA) is 52.6 Å². The summed E-state index contributed by atoms with van der Waals surface area (Å²) in [5, 5.41) is 0. The third kappa shape index (κ3) is 5.79. The molecule has 4 nitrogen and oxygen atoms in total. The maximum Gasteiger partial charge on any atom is 0.182 e. The van der Waals surface area contributed by atoms with Gasteiger partial charge in [0.05, 0.1) is 17.8 Å².